The lowest BCUT2D eigenvalue weighted by Crippen LogP contribution is -2.49. The molecule has 2 aromatic rings. The average molecular weight is 431 g/mol. The van der Waals surface area contributed by atoms with E-state index in [1.807, 2.05) is 24.3 Å². The van der Waals surface area contributed by atoms with E-state index in [4.69, 9.17) is 4.74 Å². The Hall–Kier alpha value is -2.99. The van der Waals surface area contributed by atoms with Crippen molar-refractivity contribution in [1.82, 2.24) is 10.2 Å². The number of nitrogens with one attached hydrogen (secondary N) is 1. The molecule has 0 spiro atoms. The van der Waals surface area contributed by atoms with Gasteiger partial charge in [0.1, 0.15) is 6.04 Å². The summed E-state index contributed by atoms with van der Waals surface area (Å²) in [6, 6.07) is 15.5. The first kappa shape index (κ1) is 19.7. The minimum atomic E-state index is -0.840. The van der Waals surface area contributed by atoms with Crippen LogP contribution in [-0.2, 0) is 19.1 Å². The van der Waals surface area contributed by atoms with Gasteiger partial charge in [0.05, 0.1) is 17.9 Å². The molecule has 7 rings (SSSR count). The van der Waals surface area contributed by atoms with Crippen molar-refractivity contribution >= 4 is 17.7 Å². The van der Waals surface area contributed by atoms with Gasteiger partial charge in [0.25, 0.3) is 0 Å². The highest BCUT2D eigenvalue weighted by molar-refractivity contribution is 6.10. The van der Waals surface area contributed by atoms with E-state index in [9.17, 15) is 14.4 Å². The maximum Gasteiger partial charge on any atom is 0.243 e. The largest absolute Gasteiger partial charge is 0.376 e. The Morgan fingerprint density at radius 2 is 1.47 bits per heavy atom. The van der Waals surface area contributed by atoms with Gasteiger partial charge in [-0.25, -0.2) is 0 Å². The van der Waals surface area contributed by atoms with Crippen LogP contribution in [0.1, 0.15) is 53.9 Å². The zero-order valence-corrected chi connectivity index (χ0v) is 18.0. The maximum atomic E-state index is 13.7. The third-order valence-corrected chi connectivity index (χ3v) is 7.78. The van der Waals surface area contributed by atoms with Crippen molar-refractivity contribution < 1.29 is 19.1 Å². The quantitative estimate of drug-likeness (QED) is 0.757. The van der Waals surface area contributed by atoms with E-state index >= 15 is 0 Å². The molecular weight excluding hydrogens is 404 g/mol. The SMILES string of the molecule is C[C@H](C(=O)NC[C@@H]1CCCO1)N1C(=O)[C@@H]2C3c4ccccc4C(c4ccccc43)[C@@H]2C1=O. The Morgan fingerprint density at radius 3 is 1.91 bits per heavy atom. The minimum absolute atomic E-state index is 0.0126. The summed E-state index contributed by atoms with van der Waals surface area (Å²) in [6.07, 6.45) is 1.92. The molecule has 0 saturated carbocycles. The number of imide groups is 1. The number of amides is 3. The molecule has 2 heterocycles. The third-order valence-electron chi connectivity index (χ3n) is 7.78. The minimum Gasteiger partial charge on any atom is -0.376 e. The molecule has 32 heavy (non-hydrogen) atoms. The van der Waals surface area contributed by atoms with Crippen LogP contribution in [0.4, 0.5) is 0 Å². The van der Waals surface area contributed by atoms with Gasteiger partial charge in [-0.2, -0.15) is 0 Å². The molecule has 1 N–H and O–H groups in total. The van der Waals surface area contributed by atoms with Crippen molar-refractivity contribution in [3.63, 3.8) is 0 Å². The van der Waals surface area contributed by atoms with E-state index in [1.165, 1.54) is 4.90 Å². The lowest BCUT2D eigenvalue weighted by molar-refractivity contribution is -0.147. The van der Waals surface area contributed by atoms with Gasteiger partial charge in [0.2, 0.25) is 17.7 Å². The summed E-state index contributed by atoms with van der Waals surface area (Å²) in [4.78, 5) is 41.5. The smallest absolute Gasteiger partial charge is 0.243 e. The summed E-state index contributed by atoms with van der Waals surface area (Å²) < 4.78 is 5.57. The molecule has 6 nitrogen and oxygen atoms in total. The highest BCUT2D eigenvalue weighted by Gasteiger charge is 2.62. The fraction of sp³-hybridized carbons (Fsp3) is 0.423. The fourth-order valence-corrected chi connectivity index (χ4v) is 6.37. The average Bonchev–Trinajstić information content (AvgIpc) is 3.44. The van der Waals surface area contributed by atoms with Gasteiger partial charge in [0, 0.05) is 25.0 Å². The molecule has 3 amide bonds. The topological polar surface area (TPSA) is 75.7 Å². The summed E-state index contributed by atoms with van der Waals surface area (Å²) >= 11 is 0. The van der Waals surface area contributed by atoms with Crippen molar-refractivity contribution in [2.45, 2.75) is 43.7 Å². The number of hydrogen-bond acceptors (Lipinski definition) is 4. The molecule has 3 aliphatic carbocycles. The van der Waals surface area contributed by atoms with E-state index in [2.05, 4.69) is 29.6 Å². The number of likely N-dealkylation sites (tertiary alicyclic amines) is 1. The van der Waals surface area contributed by atoms with Gasteiger partial charge in [-0.15, -0.1) is 0 Å². The summed E-state index contributed by atoms with van der Waals surface area (Å²) in [5, 5.41) is 2.89. The van der Waals surface area contributed by atoms with Gasteiger partial charge < -0.3 is 10.1 Å². The normalized spacial score (nSPS) is 30.7. The number of hydrogen-bond donors (Lipinski definition) is 1. The number of rotatable bonds is 4. The van der Waals surface area contributed by atoms with Crippen LogP contribution >= 0.6 is 0 Å². The summed E-state index contributed by atoms with van der Waals surface area (Å²) in [6.45, 7) is 2.78. The second-order valence-electron chi connectivity index (χ2n) is 9.37. The van der Waals surface area contributed by atoms with Gasteiger partial charge in [-0.3, -0.25) is 19.3 Å². The van der Waals surface area contributed by atoms with E-state index < -0.39 is 17.9 Å². The first-order valence-corrected chi connectivity index (χ1v) is 11.5. The van der Waals surface area contributed by atoms with Crippen LogP contribution in [0.2, 0.25) is 0 Å². The molecule has 164 valence electrons. The van der Waals surface area contributed by atoms with Crippen LogP contribution in [0.15, 0.2) is 48.5 Å². The van der Waals surface area contributed by atoms with Gasteiger partial charge >= 0.3 is 0 Å². The van der Waals surface area contributed by atoms with Crippen LogP contribution in [0.25, 0.3) is 0 Å². The number of nitrogens with zero attached hydrogens (tertiary/aromatic N) is 1. The number of benzene rings is 2. The van der Waals surface area contributed by atoms with E-state index in [-0.39, 0.29) is 35.7 Å². The summed E-state index contributed by atoms with van der Waals surface area (Å²) in [7, 11) is 0. The van der Waals surface area contributed by atoms with E-state index in [0.29, 0.717) is 13.2 Å². The molecule has 2 bridgehead atoms. The lowest BCUT2D eigenvalue weighted by Gasteiger charge is -2.45. The van der Waals surface area contributed by atoms with E-state index in [1.54, 1.807) is 6.92 Å². The third kappa shape index (κ3) is 2.65. The molecule has 2 saturated heterocycles. The molecule has 2 fully saturated rings. The molecule has 2 aliphatic heterocycles. The molecule has 0 radical (unpaired) electrons. The van der Waals surface area contributed by atoms with Crippen LogP contribution in [-0.4, -0.2) is 47.9 Å². The van der Waals surface area contributed by atoms with Crippen LogP contribution < -0.4 is 5.32 Å². The van der Waals surface area contributed by atoms with Gasteiger partial charge in [-0.05, 0) is 42.0 Å². The van der Waals surface area contributed by atoms with Crippen molar-refractivity contribution in [1.29, 1.82) is 0 Å². The zero-order chi connectivity index (χ0) is 22.0. The van der Waals surface area contributed by atoms with Crippen LogP contribution in [0, 0.1) is 11.8 Å². The first-order valence-electron chi connectivity index (χ1n) is 11.5. The predicted octanol–water partition coefficient (Wildman–Crippen LogP) is 2.56. The zero-order valence-electron chi connectivity index (χ0n) is 18.0. The molecule has 0 unspecified atom stereocenters. The molecular formula is C26H26N2O4. The molecule has 6 heteroatoms. The highest BCUT2D eigenvalue weighted by atomic mass is 16.5. The van der Waals surface area contributed by atoms with Crippen LogP contribution in [0.3, 0.4) is 0 Å². The van der Waals surface area contributed by atoms with Gasteiger partial charge in [-0.1, -0.05) is 48.5 Å². The number of carbonyl (C=O) groups is 3. The molecule has 4 atom stereocenters. The Bertz CT molecular complexity index is 1010. The first-order chi connectivity index (χ1) is 15.6. The van der Waals surface area contributed by atoms with Crippen molar-refractivity contribution in [2.24, 2.45) is 11.8 Å². The molecule has 0 aromatic heterocycles. The Balaban J connectivity index is 1.33. The summed E-state index contributed by atoms with van der Waals surface area (Å²) in [5.41, 5.74) is 4.54. The Labute approximate surface area is 186 Å². The lowest BCUT2D eigenvalue weighted by atomic mass is 9.55. The Kier molecular flexibility index (Phi) is 4.47. The Morgan fingerprint density at radius 1 is 0.969 bits per heavy atom. The second-order valence-corrected chi connectivity index (χ2v) is 9.37. The molecule has 2 aromatic carbocycles. The van der Waals surface area contributed by atoms with Crippen molar-refractivity contribution in [3.05, 3.63) is 70.8 Å². The van der Waals surface area contributed by atoms with Crippen molar-refractivity contribution in [2.75, 3.05) is 13.2 Å². The maximum absolute atomic E-state index is 13.7. The van der Waals surface area contributed by atoms with Crippen LogP contribution in [0.5, 0.6) is 0 Å². The summed E-state index contributed by atoms with van der Waals surface area (Å²) in [5.74, 6) is -1.96. The van der Waals surface area contributed by atoms with E-state index in [0.717, 1.165) is 35.1 Å². The monoisotopic (exact) mass is 430 g/mol. The predicted molar refractivity (Wildman–Crippen MR) is 117 cm³/mol. The van der Waals surface area contributed by atoms with Gasteiger partial charge in [0.15, 0.2) is 0 Å². The van der Waals surface area contributed by atoms with Crippen molar-refractivity contribution in [3.8, 4) is 0 Å². The fourth-order valence-electron chi connectivity index (χ4n) is 6.37. The number of carbonyl (C=O) groups excluding carboxylic acids is 3. The highest BCUT2D eigenvalue weighted by Crippen LogP contribution is 2.61. The number of ether oxygens (including phenoxy) is 1. The second kappa shape index (κ2) is 7.27. The standard InChI is InChI=1S/C26H26N2O4/c1-14(24(29)27-13-15-7-6-12-32-15)28-25(30)22-20-16-8-2-3-9-17(16)21(23(22)26(28)31)19-11-5-4-10-18(19)20/h2-5,8-11,14-15,20-23H,6-7,12-13H2,1H3,(H,27,29)/t14-,15+,20?,21?,22-,23+/m1/s1. The molecule has 5 aliphatic rings.